The molecule has 0 saturated carbocycles. The maximum absolute atomic E-state index is 10.9. The molecular weight excluding hydrogens is 192 g/mol. The number of fused-ring (bicyclic) bond motifs is 1. The van der Waals surface area contributed by atoms with Gasteiger partial charge in [-0.3, -0.25) is 4.79 Å². The van der Waals surface area contributed by atoms with Crippen molar-refractivity contribution in [2.75, 3.05) is 6.54 Å². The molecule has 1 aliphatic rings. The summed E-state index contributed by atoms with van der Waals surface area (Å²) < 4.78 is 0. The highest BCUT2D eigenvalue weighted by Crippen LogP contribution is 2.39. The predicted octanol–water partition coefficient (Wildman–Crippen LogP) is 1.02. The van der Waals surface area contributed by atoms with Crippen LogP contribution in [0, 0.1) is 0 Å². The number of aromatic amines is 1. The van der Waals surface area contributed by atoms with Crippen LogP contribution in [0.15, 0.2) is 12.4 Å². The lowest BCUT2D eigenvalue weighted by Crippen LogP contribution is -2.39. The molecule has 0 fully saturated rings. The molecule has 1 aliphatic carbocycles. The van der Waals surface area contributed by atoms with Crippen LogP contribution in [0.3, 0.4) is 0 Å². The second kappa shape index (κ2) is 3.70. The van der Waals surface area contributed by atoms with Gasteiger partial charge >= 0.3 is 5.97 Å². The Morgan fingerprint density at radius 3 is 3.07 bits per heavy atom. The third kappa shape index (κ3) is 1.65. The zero-order valence-corrected chi connectivity index (χ0v) is 8.62. The molecule has 0 saturated heterocycles. The van der Waals surface area contributed by atoms with Crippen molar-refractivity contribution in [1.29, 1.82) is 0 Å². The van der Waals surface area contributed by atoms with Gasteiger partial charge in [0.15, 0.2) is 0 Å². The number of aryl methyl sites for hydroxylation is 1. The molecule has 0 amide bonds. The molecule has 0 aromatic carbocycles. The number of aliphatic carboxylic acids is 1. The van der Waals surface area contributed by atoms with E-state index in [1.807, 2.05) is 12.4 Å². The van der Waals surface area contributed by atoms with Gasteiger partial charge in [0.25, 0.3) is 0 Å². The van der Waals surface area contributed by atoms with Crippen LogP contribution in [0.2, 0.25) is 0 Å². The predicted molar refractivity (Wildman–Crippen MR) is 56.7 cm³/mol. The SMILES string of the molecule is NCC1(CC(=O)O)CCCc2c[nH]cc21. The summed E-state index contributed by atoms with van der Waals surface area (Å²) in [5.74, 6) is -0.769. The van der Waals surface area contributed by atoms with Crippen molar-refractivity contribution >= 4 is 5.97 Å². The highest BCUT2D eigenvalue weighted by atomic mass is 16.4. The van der Waals surface area contributed by atoms with Gasteiger partial charge in [0.2, 0.25) is 0 Å². The van der Waals surface area contributed by atoms with E-state index in [1.165, 1.54) is 5.56 Å². The molecule has 1 unspecified atom stereocenters. The molecule has 1 atom stereocenters. The standard InChI is InChI=1S/C11H16N2O2/c12-7-11(4-10(14)15)3-1-2-8-5-13-6-9(8)11/h5-6,13H,1-4,7,12H2,(H,14,15). The van der Waals surface area contributed by atoms with Crippen molar-refractivity contribution in [3.05, 3.63) is 23.5 Å². The number of aromatic nitrogens is 1. The van der Waals surface area contributed by atoms with Gasteiger partial charge in [0.05, 0.1) is 6.42 Å². The molecular formula is C11H16N2O2. The van der Waals surface area contributed by atoms with Gasteiger partial charge in [-0.25, -0.2) is 0 Å². The fourth-order valence-electron chi connectivity index (χ4n) is 2.61. The van der Waals surface area contributed by atoms with Crippen molar-refractivity contribution in [3.63, 3.8) is 0 Å². The van der Waals surface area contributed by atoms with Crippen molar-refractivity contribution < 1.29 is 9.90 Å². The third-order valence-electron chi connectivity index (χ3n) is 3.38. The first kappa shape index (κ1) is 10.2. The largest absolute Gasteiger partial charge is 0.481 e. The monoisotopic (exact) mass is 208 g/mol. The van der Waals surface area contributed by atoms with E-state index < -0.39 is 5.97 Å². The van der Waals surface area contributed by atoms with Gasteiger partial charge in [-0.05, 0) is 30.4 Å². The quantitative estimate of drug-likeness (QED) is 0.694. The van der Waals surface area contributed by atoms with E-state index >= 15 is 0 Å². The lowest BCUT2D eigenvalue weighted by Gasteiger charge is -2.35. The molecule has 4 N–H and O–H groups in total. The number of carbonyl (C=O) groups is 1. The van der Waals surface area contributed by atoms with Gasteiger partial charge < -0.3 is 15.8 Å². The van der Waals surface area contributed by atoms with Gasteiger partial charge in [-0.2, -0.15) is 0 Å². The zero-order chi connectivity index (χ0) is 10.9. The summed E-state index contributed by atoms with van der Waals surface area (Å²) in [6.07, 6.45) is 6.93. The lowest BCUT2D eigenvalue weighted by atomic mass is 9.69. The molecule has 0 bridgehead atoms. The number of carboxylic acids is 1. The highest BCUT2D eigenvalue weighted by Gasteiger charge is 2.37. The van der Waals surface area contributed by atoms with Crippen molar-refractivity contribution in [2.45, 2.75) is 31.1 Å². The van der Waals surface area contributed by atoms with Crippen LogP contribution in [0.4, 0.5) is 0 Å². The molecule has 2 rings (SSSR count). The Morgan fingerprint density at radius 1 is 1.60 bits per heavy atom. The molecule has 15 heavy (non-hydrogen) atoms. The summed E-state index contributed by atoms with van der Waals surface area (Å²) in [5.41, 5.74) is 7.77. The molecule has 0 aliphatic heterocycles. The Hall–Kier alpha value is -1.29. The van der Waals surface area contributed by atoms with Crippen LogP contribution < -0.4 is 5.73 Å². The maximum Gasteiger partial charge on any atom is 0.304 e. The van der Waals surface area contributed by atoms with Crippen molar-refractivity contribution in [3.8, 4) is 0 Å². The van der Waals surface area contributed by atoms with Crippen molar-refractivity contribution in [1.82, 2.24) is 4.98 Å². The number of nitrogens with two attached hydrogens (primary N) is 1. The van der Waals surface area contributed by atoms with Gasteiger partial charge in [0, 0.05) is 24.4 Å². The molecule has 1 aromatic rings. The molecule has 0 spiro atoms. The van der Waals surface area contributed by atoms with E-state index in [0.29, 0.717) is 6.54 Å². The Morgan fingerprint density at radius 2 is 2.40 bits per heavy atom. The van der Waals surface area contributed by atoms with E-state index in [2.05, 4.69) is 4.98 Å². The fourth-order valence-corrected chi connectivity index (χ4v) is 2.61. The van der Waals surface area contributed by atoms with Crippen LogP contribution in [0.1, 0.15) is 30.4 Å². The van der Waals surface area contributed by atoms with E-state index in [9.17, 15) is 4.79 Å². The van der Waals surface area contributed by atoms with E-state index in [1.54, 1.807) is 0 Å². The first-order valence-corrected chi connectivity index (χ1v) is 5.26. The maximum atomic E-state index is 10.9. The smallest absolute Gasteiger partial charge is 0.304 e. The van der Waals surface area contributed by atoms with Crippen LogP contribution >= 0.6 is 0 Å². The van der Waals surface area contributed by atoms with E-state index in [-0.39, 0.29) is 11.8 Å². The summed E-state index contributed by atoms with van der Waals surface area (Å²) in [6.45, 7) is 0.407. The lowest BCUT2D eigenvalue weighted by molar-refractivity contribution is -0.138. The van der Waals surface area contributed by atoms with Gasteiger partial charge in [-0.1, -0.05) is 0 Å². The second-order valence-corrected chi connectivity index (χ2v) is 4.30. The minimum Gasteiger partial charge on any atom is -0.481 e. The minimum atomic E-state index is -0.769. The van der Waals surface area contributed by atoms with Gasteiger partial charge in [-0.15, -0.1) is 0 Å². The van der Waals surface area contributed by atoms with Crippen LogP contribution in [-0.2, 0) is 16.6 Å². The molecule has 1 heterocycles. The summed E-state index contributed by atoms with van der Waals surface area (Å²) in [7, 11) is 0. The van der Waals surface area contributed by atoms with Gasteiger partial charge in [0.1, 0.15) is 0 Å². The average molecular weight is 208 g/mol. The third-order valence-corrected chi connectivity index (χ3v) is 3.38. The number of rotatable bonds is 3. The van der Waals surface area contributed by atoms with E-state index in [4.69, 9.17) is 10.8 Å². The minimum absolute atomic E-state index is 0.133. The molecule has 82 valence electrons. The molecule has 4 heteroatoms. The Bertz CT molecular complexity index is 372. The highest BCUT2D eigenvalue weighted by molar-refractivity contribution is 5.69. The fraction of sp³-hybridized carbons (Fsp3) is 0.545. The molecule has 1 aromatic heterocycles. The number of H-pyrrole nitrogens is 1. The molecule has 0 radical (unpaired) electrons. The van der Waals surface area contributed by atoms with Crippen LogP contribution in [0.5, 0.6) is 0 Å². The summed E-state index contributed by atoms with van der Waals surface area (Å²) in [5, 5.41) is 8.96. The number of hydrogen-bond acceptors (Lipinski definition) is 2. The summed E-state index contributed by atoms with van der Waals surface area (Å²) in [4.78, 5) is 14.0. The first-order chi connectivity index (χ1) is 7.18. The Labute approximate surface area is 88.5 Å². The molecule has 4 nitrogen and oxygen atoms in total. The number of carboxylic acid groups (broad SMARTS) is 1. The number of hydrogen-bond donors (Lipinski definition) is 3. The average Bonchev–Trinajstić information content (AvgIpc) is 2.66. The normalized spacial score (nSPS) is 24.9. The Kier molecular flexibility index (Phi) is 2.52. The summed E-state index contributed by atoms with van der Waals surface area (Å²) in [6, 6.07) is 0. The van der Waals surface area contributed by atoms with Crippen molar-refractivity contribution in [2.24, 2.45) is 5.73 Å². The summed E-state index contributed by atoms with van der Waals surface area (Å²) >= 11 is 0. The second-order valence-electron chi connectivity index (χ2n) is 4.30. The zero-order valence-electron chi connectivity index (χ0n) is 8.62. The topological polar surface area (TPSA) is 79.1 Å². The first-order valence-electron chi connectivity index (χ1n) is 5.26. The van der Waals surface area contributed by atoms with Crippen LogP contribution in [0.25, 0.3) is 0 Å². The number of nitrogens with one attached hydrogen (secondary N) is 1. The van der Waals surface area contributed by atoms with Crippen LogP contribution in [-0.4, -0.2) is 22.6 Å². The van der Waals surface area contributed by atoms with E-state index in [0.717, 1.165) is 24.8 Å². The Balaban J connectivity index is 2.39.